The van der Waals surface area contributed by atoms with E-state index in [2.05, 4.69) is 42.3 Å². The highest BCUT2D eigenvalue weighted by molar-refractivity contribution is 7.80. The van der Waals surface area contributed by atoms with E-state index in [1.54, 1.807) is 36.4 Å². The third-order valence-corrected chi connectivity index (χ3v) is 5.87. The van der Waals surface area contributed by atoms with Crippen LogP contribution in [0.5, 0.6) is 5.75 Å². The molecule has 0 bridgehead atoms. The third-order valence-electron chi connectivity index (χ3n) is 5.66. The highest BCUT2D eigenvalue weighted by atomic mass is 32.1. The lowest BCUT2D eigenvalue weighted by atomic mass is 9.87. The molecular formula is C29H32N4O4S. The van der Waals surface area contributed by atoms with Gasteiger partial charge in [0.25, 0.3) is 17.7 Å². The van der Waals surface area contributed by atoms with Crippen LogP contribution in [0.15, 0.2) is 66.7 Å². The van der Waals surface area contributed by atoms with Crippen LogP contribution in [0.2, 0.25) is 0 Å². The molecule has 9 heteroatoms. The minimum atomic E-state index is -0.469. The molecule has 0 atom stereocenters. The van der Waals surface area contributed by atoms with Crippen LogP contribution < -0.4 is 26.2 Å². The first-order chi connectivity index (χ1) is 17.9. The van der Waals surface area contributed by atoms with Crippen LogP contribution in [0, 0.1) is 13.8 Å². The topological polar surface area (TPSA) is 109 Å². The Kier molecular flexibility index (Phi) is 9.20. The minimum absolute atomic E-state index is 0.00480. The van der Waals surface area contributed by atoms with Crippen molar-refractivity contribution in [3.63, 3.8) is 0 Å². The van der Waals surface area contributed by atoms with Gasteiger partial charge < -0.3 is 10.1 Å². The van der Waals surface area contributed by atoms with Crippen LogP contribution >= 0.6 is 12.2 Å². The lowest BCUT2D eigenvalue weighted by molar-refractivity contribution is -0.121. The number of hydrogen-bond acceptors (Lipinski definition) is 5. The zero-order valence-electron chi connectivity index (χ0n) is 22.1. The molecule has 8 nitrogen and oxygen atoms in total. The summed E-state index contributed by atoms with van der Waals surface area (Å²) < 4.78 is 5.54. The van der Waals surface area contributed by atoms with Gasteiger partial charge in [-0.2, -0.15) is 0 Å². The number of benzene rings is 3. The molecule has 198 valence electrons. The first-order valence-electron chi connectivity index (χ1n) is 12.0. The van der Waals surface area contributed by atoms with Crippen LogP contribution in [0.1, 0.15) is 58.2 Å². The number of ether oxygens (including phenoxy) is 1. The molecule has 0 heterocycles. The summed E-state index contributed by atoms with van der Waals surface area (Å²) in [4.78, 5) is 37.1. The van der Waals surface area contributed by atoms with Gasteiger partial charge in [0, 0.05) is 16.8 Å². The van der Waals surface area contributed by atoms with Crippen LogP contribution in [-0.4, -0.2) is 29.4 Å². The van der Waals surface area contributed by atoms with E-state index < -0.39 is 11.8 Å². The summed E-state index contributed by atoms with van der Waals surface area (Å²) >= 11 is 5.06. The lowest BCUT2D eigenvalue weighted by Gasteiger charge is -2.19. The molecule has 4 N–H and O–H groups in total. The standard InChI is InChI=1S/C29H32N4O4S/c1-18-6-7-19(2)24(16-18)37-17-25(34)31-28(38)33-32-27(36)21-10-14-23(15-11-21)30-26(35)20-8-12-22(13-9-20)29(3,4)5/h6-16H,17H2,1-5H3,(H,30,35)(H,32,36)(H2,31,33,34,38). The number of thiocarbonyl (C=S) groups is 1. The molecule has 3 aromatic rings. The Balaban J connectivity index is 1.44. The quantitative estimate of drug-likeness (QED) is 0.274. The van der Waals surface area contributed by atoms with E-state index >= 15 is 0 Å². The van der Waals surface area contributed by atoms with Crippen molar-refractivity contribution in [2.75, 3.05) is 11.9 Å². The Morgan fingerprint density at radius 1 is 0.816 bits per heavy atom. The monoisotopic (exact) mass is 532 g/mol. The van der Waals surface area contributed by atoms with Gasteiger partial charge in [-0.25, -0.2) is 0 Å². The Morgan fingerprint density at radius 2 is 1.42 bits per heavy atom. The van der Waals surface area contributed by atoms with E-state index in [-0.39, 0.29) is 23.0 Å². The second-order valence-corrected chi connectivity index (χ2v) is 10.3. The second kappa shape index (κ2) is 12.3. The fourth-order valence-electron chi connectivity index (χ4n) is 3.42. The van der Waals surface area contributed by atoms with Crippen molar-refractivity contribution in [2.45, 2.75) is 40.0 Å². The van der Waals surface area contributed by atoms with Crippen molar-refractivity contribution in [1.29, 1.82) is 0 Å². The Morgan fingerprint density at radius 3 is 2.05 bits per heavy atom. The number of nitrogens with one attached hydrogen (secondary N) is 4. The van der Waals surface area contributed by atoms with Crippen molar-refractivity contribution in [3.05, 3.63) is 94.5 Å². The fourth-order valence-corrected chi connectivity index (χ4v) is 3.58. The smallest absolute Gasteiger partial charge is 0.269 e. The molecule has 3 aromatic carbocycles. The normalized spacial score (nSPS) is 10.8. The zero-order chi connectivity index (χ0) is 27.9. The molecule has 3 amide bonds. The highest BCUT2D eigenvalue weighted by Gasteiger charge is 2.15. The molecule has 38 heavy (non-hydrogen) atoms. The number of amides is 3. The lowest BCUT2D eigenvalue weighted by Crippen LogP contribution is -2.49. The van der Waals surface area contributed by atoms with E-state index in [9.17, 15) is 14.4 Å². The molecule has 0 aliphatic heterocycles. The third kappa shape index (κ3) is 8.14. The van der Waals surface area contributed by atoms with Gasteiger partial charge in [-0.05, 0) is 90.6 Å². The average molecular weight is 533 g/mol. The zero-order valence-corrected chi connectivity index (χ0v) is 22.9. The van der Waals surface area contributed by atoms with E-state index in [0.29, 0.717) is 22.6 Å². The molecular weight excluding hydrogens is 500 g/mol. The Hall–Kier alpha value is -4.24. The number of carbonyl (C=O) groups excluding carboxylic acids is 3. The molecule has 0 aliphatic rings. The molecule has 0 spiro atoms. The predicted molar refractivity (Wildman–Crippen MR) is 152 cm³/mol. The summed E-state index contributed by atoms with van der Waals surface area (Å²) in [6, 6.07) is 19.6. The maximum atomic E-state index is 12.6. The first kappa shape index (κ1) is 28.3. The number of hydrogen-bond donors (Lipinski definition) is 4. The Bertz CT molecular complexity index is 1330. The molecule has 0 radical (unpaired) electrons. The predicted octanol–water partition coefficient (Wildman–Crippen LogP) is 4.57. The molecule has 0 saturated heterocycles. The van der Waals surface area contributed by atoms with Crippen molar-refractivity contribution < 1.29 is 19.1 Å². The van der Waals surface area contributed by atoms with E-state index in [1.165, 1.54) is 0 Å². The molecule has 0 fully saturated rings. The summed E-state index contributed by atoms with van der Waals surface area (Å²) in [7, 11) is 0. The number of rotatable bonds is 6. The number of hydrazine groups is 1. The second-order valence-electron chi connectivity index (χ2n) is 9.87. The van der Waals surface area contributed by atoms with Crippen molar-refractivity contribution in [3.8, 4) is 5.75 Å². The van der Waals surface area contributed by atoms with Gasteiger partial charge in [0.05, 0.1) is 0 Å². The largest absolute Gasteiger partial charge is 0.483 e. The summed E-state index contributed by atoms with van der Waals surface area (Å²) in [6.07, 6.45) is 0. The van der Waals surface area contributed by atoms with Crippen LogP contribution in [-0.2, 0) is 10.2 Å². The van der Waals surface area contributed by atoms with Crippen LogP contribution in [0.3, 0.4) is 0 Å². The minimum Gasteiger partial charge on any atom is -0.483 e. The number of aryl methyl sites for hydroxylation is 2. The number of carbonyl (C=O) groups is 3. The van der Waals surface area contributed by atoms with Gasteiger partial charge >= 0.3 is 0 Å². The Labute approximate surface area is 228 Å². The summed E-state index contributed by atoms with van der Waals surface area (Å²) in [5.41, 5.74) is 9.41. The first-order valence-corrected chi connectivity index (χ1v) is 12.5. The maximum absolute atomic E-state index is 12.6. The van der Waals surface area contributed by atoms with Crippen molar-refractivity contribution in [2.24, 2.45) is 0 Å². The molecule has 3 rings (SSSR count). The van der Waals surface area contributed by atoms with Crippen LogP contribution in [0.4, 0.5) is 5.69 Å². The average Bonchev–Trinajstić information content (AvgIpc) is 2.87. The van der Waals surface area contributed by atoms with Gasteiger partial charge in [0.2, 0.25) is 0 Å². The number of anilines is 1. The summed E-state index contributed by atoms with van der Waals surface area (Å²) in [5, 5.41) is 5.19. The van der Waals surface area contributed by atoms with Crippen molar-refractivity contribution in [1.82, 2.24) is 16.2 Å². The summed E-state index contributed by atoms with van der Waals surface area (Å²) in [6.45, 7) is 9.94. The maximum Gasteiger partial charge on any atom is 0.269 e. The fraction of sp³-hybridized carbons (Fsp3) is 0.241. The van der Waals surface area contributed by atoms with E-state index in [0.717, 1.165) is 16.7 Å². The molecule has 0 saturated carbocycles. The van der Waals surface area contributed by atoms with E-state index in [1.807, 2.05) is 44.2 Å². The van der Waals surface area contributed by atoms with Gasteiger partial charge in [-0.15, -0.1) is 0 Å². The van der Waals surface area contributed by atoms with Crippen molar-refractivity contribution >= 4 is 40.7 Å². The molecule has 0 unspecified atom stereocenters. The van der Waals surface area contributed by atoms with E-state index in [4.69, 9.17) is 17.0 Å². The molecule has 0 aliphatic carbocycles. The summed E-state index contributed by atoms with van der Waals surface area (Å²) in [5.74, 6) is -0.563. The highest BCUT2D eigenvalue weighted by Crippen LogP contribution is 2.22. The van der Waals surface area contributed by atoms with Gasteiger partial charge in [0.1, 0.15) is 5.75 Å². The van der Waals surface area contributed by atoms with Crippen LogP contribution in [0.25, 0.3) is 0 Å². The molecule has 0 aromatic heterocycles. The van der Waals surface area contributed by atoms with Gasteiger partial charge in [-0.3, -0.25) is 30.6 Å². The van der Waals surface area contributed by atoms with Gasteiger partial charge in [0.15, 0.2) is 11.7 Å². The van der Waals surface area contributed by atoms with Gasteiger partial charge in [-0.1, -0.05) is 45.0 Å². The SMILES string of the molecule is Cc1ccc(C)c(OCC(=O)NC(=S)NNC(=O)c2ccc(NC(=O)c3ccc(C(C)(C)C)cc3)cc2)c1.